The Morgan fingerprint density at radius 2 is 1.33 bits per heavy atom. The molecule has 0 heterocycles. The Kier molecular flexibility index (Phi) is 10.8. The van der Waals surface area contributed by atoms with Crippen LogP contribution in [0.25, 0.3) is 0 Å². The number of benzene rings is 2. The Bertz CT molecular complexity index is 1040. The second kappa shape index (κ2) is 13.3. The highest BCUT2D eigenvalue weighted by atomic mass is 32.2. The molecule has 2 rings (SSSR count). The number of unbranched alkanes of at least 4 members (excludes halogenated alkanes) is 1. The van der Waals surface area contributed by atoms with Crippen LogP contribution in [0.3, 0.4) is 0 Å². The molecule has 0 bridgehead atoms. The number of rotatable bonds is 13. The third-order valence-electron chi connectivity index (χ3n) is 4.53. The minimum atomic E-state index is -4.82. The summed E-state index contributed by atoms with van der Waals surface area (Å²) >= 11 is -1.96. The summed E-state index contributed by atoms with van der Waals surface area (Å²) < 4.78 is 105. The van der Waals surface area contributed by atoms with Gasteiger partial charge in [0.05, 0.1) is 19.0 Å². The first-order valence-corrected chi connectivity index (χ1v) is 12.0. The van der Waals surface area contributed by atoms with Crippen molar-refractivity contribution in [2.45, 2.75) is 38.5 Å². The molecule has 0 amide bonds. The monoisotopic (exact) mass is 538 g/mol. The summed E-state index contributed by atoms with van der Waals surface area (Å²) in [6, 6.07) is 9.84. The zero-order valence-electron chi connectivity index (χ0n) is 19.1. The van der Waals surface area contributed by atoms with Gasteiger partial charge in [-0.25, -0.2) is 4.21 Å². The van der Waals surface area contributed by atoms with Crippen molar-refractivity contribution in [3.05, 3.63) is 59.7 Å². The van der Waals surface area contributed by atoms with Gasteiger partial charge in [-0.15, -0.1) is 0 Å². The van der Waals surface area contributed by atoms with Crippen molar-refractivity contribution >= 4 is 22.5 Å². The Hall–Kier alpha value is -3.09. The fourth-order valence-corrected chi connectivity index (χ4v) is 3.43. The van der Waals surface area contributed by atoms with Crippen LogP contribution in [0.2, 0.25) is 0 Å². The largest absolute Gasteiger partial charge is 0.493 e. The number of nitrogens with zero attached hydrogens (tertiary/aromatic N) is 1. The van der Waals surface area contributed by atoms with Crippen LogP contribution in [0.5, 0.6) is 11.5 Å². The Balaban J connectivity index is 1.84. The summed E-state index contributed by atoms with van der Waals surface area (Å²) in [6.07, 6.45) is -7.93. The van der Waals surface area contributed by atoms with Crippen molar-refractivity contribution in [2.75, 3.05) is 19.0 Å². The average molecular weight is 539 g/mol. The van der Waals surface area contributed by atoms with E-state index in [1.165, 1.54) is 24.3 Å². The normalized spacial score (nSPS) is 13.2. The zero-order chi connectivity index (χ0) is 26.8. The van der Waals surface area contributed by atoms with E-state index in [9.17, 15) is 30.6 Å². The van der Waals surface area contributed by atoms with Crippen LogP contribution in [0.4, 0.5) is 26.3 Å². The topological polar surface area (TPSA) is 81.0 Å². The molecule has 0 aliphatic rings. The van der Waals surface area contributed by atoms with E-state index in [4.69, 9.17) is 14.9 Å². The second-order valence-corrected chi connectivity index (χ2v) is 8.51. The van der Waals surface area contributed by atoms with Gasteiger partial charge in [-0.1, -0.05) is 18.5 Å². The van der Waals surface area contributed by atoms with Crippen LogP contribution in [-0.2, 0) is 15.4 Å². The second-order valence-electron chi connectivity index (χ2n) is 7.35. The molecule has 1 atom stereocenters. The molecule has 13 heteroatoms. The SMILES string of the molecule is CCCCS(=O)O/N=C(/c1ccc(OCCCOc2ccc(C(=N)C(F)(F)F)cc2)cc1)C(F)(F)F. The Morgan fingerprint density at radius 3 is 1.78 bits per heavy atom. The quantitative estimate of drug-likeness (QED) is 0.142. The molecule has 0 radical (unpaired) electrons. The average Bonchev–Trinajstić information content (AvgIpc) is 2.82. The first-order valence-electron chi connectivity index (χ1n) is 10.7. The lowest BCUT2D eigenvalue weighted by molar-refractivity contribution is -0.0602. The predicted molar refractivity (Wildman–Crippen MR) is 123 cm³/mol. The molecule has 1 unspecified atom stereocenters. The van der Waals surface area contributed by atoms with Gasteiger partial charge in [-0.05, 0) is 55.0 Å². The molecule has 0 aromatic heterocycles. The molecule has 0 fully saturated rings. The molecular formula is C23H24F6N2O4S. The van der Waals surface area contributed by atoms with Gasteiger partial charge in [0.25, 0.3) is 0 Å². The number of oxime groups is 1. The zero-order valence-corrected chi connectivity index (χ0v) is 19.9. The minimum absolute atomic E-state index is 0.0791. The molecule has 1 N–H and O–H groups in total. The van der Waals surface area contributed by atoms with Gasteiger partial charge >= 0.3 is 12.4 Å². The van der Waals surface area contributed by atoms with Crippen molar-refractivity contribution < 1.29 is 44.3 Å². The molecule has 6 nitrogen and oxygen atoms in total. The molecule has 0 spiro atoms. The van der Waals surface area contributed by atoms with Crippen molar-refractivity contribution in [3.8, 4) is 11.5 Å². The fourth-order valence-electron chi connectivity index (χ4n) is 2.68. The number of ether oxygens (including phenoxy) is 2. The van der Waals surface area contributed by atoms with E-state index in [1.54, 1.807) is 0 Å². The maximum Gasteiger partial charge on any atom is 0.437 e. The molecule has 2 aromatic rings. The number of alkyl halides is 6. The summed E-state index contributed by atoms with van der Waals surface area (Å²) in [5.41, 5.74) is -3.33. The van der Waals surface area contributed by atoms with Crippen molar-refractivity contribution in [2.24, 2.45) is 5.16 Å². The van der Waals surface area contributed by atoms with Crippen LogP contribution >= 0.6 is 0 Å². The summed E-state index contributed by atoms with van der Waals surface area (Å²) in [6.45, 7) is 2.18. The molecule has 0 saturated heterocycles. The number of nitrogens with one attached hydrogen (secondary N) is 1. The van der Waals surface area contributed by atoms with Crippen LogP contribution in [0, 0.1) is 5.41 Å². The smallest absolute Gasteiger partial charge is 0.437 e. The molecule has 0 aliphatic heterocycles. The van der Waals surface area contributed by atoms with Gasteiger partial charge in [0.15, 0.2) is 5.71 Å². The van der Waals surface area contributed by atoms with E-state index in [0.29, 0.717) is 30.8 Å². The molecule has 198 valence electrons. The Labute approximate surface area is 206 Å². The van der Waals surface area contributed by atoms with Crippen molar-refractivity contribution in [1.29, 1.82) is 5.41 Å². The van der Waals surface area contributed by atoms with E-state index in [0.717, 1.165) is 24.3 Å². The Morgan fingerprint density at radius 1 is 0.833 bits per heavy atom. The number of hydrogen-bond donors (Lipinski definition) is 1. The molecule has 36 heavy (non-hydrogen) atoms. The molecular weight excluding hydrogens is 514 g/mol. The van der Waals surface area contributed by atoms with Gasteiger partial charge in [-0.3, -0.25) is 9.69 Å². The third kappa shape index (κ3) is 9.51. The summed E-state index contributed by atoms with van der Waals surface area (Å²) in [4.78, 5) is 0. The van der Waals surface area contributed by atoms with Gasteiger partial charge in [-0.2, -0.15) is 26.3 Å². The number of halogens is 6. The third-order valence-corrected chi connectivity index (χ3v) is 5.39. The highest BCUT2D eigenvalue weighted by Gasteiger charge is 2.38. The first-order chi connectivity index (χ1) is 16.9. The lowest BCUT2D eigenvalue weighted by atomic mass is 10.1. The lowest BCUT2D eigenvalue weighted by Gasteiger charge is -2.12. The van der Waals surface area contributed by atoms with Gasteiger partial charge < -0.3 is 9.47 Å². The summed E-state index contributed by atoms with van der Waals surface area (Å²) in [5.74, 6) is 0.688. The first kappa shape index (κ1) is 29.1. The number of hydrogen-bond acceptors (Lipinski definition) is 6. The van der Waals surface area contributed by atoms with Crippen molar-refractivity contribution in [3.63, 3.8) is 0 Å². The molecule has 0 saturated carbocycles. The van der Waals surface area contributed by atoms with E-state index < -0.39 is 34.9 Å². The summed E-state index contributed by atoms with van der Waals surface area (Å²) in [7, 11) is 0. The fraction of sp³-hybridized carbons (Fsp3) is 0.391. The van der Waals surface area contributed by atoms with E-state index in [-0.39, 0.29) is 30.1 Å². The lowest BCUT2D eigenvalue weighted by Crippen LogP contribution is -2.24. The highest BCUT2D eigenvalue weighted by Crippen LogP contribution is 2.25. The minimum Gasteiger partial charge on any atom is -0.493 e. The van der Waals surface area contributed by atoms with Gasteiger partial charge in [0.1, 0.15) is 17.2 Å². The molecule has 0 aliphatic carbocycles. The summed E-state index contributed by atoms with van der Waals surface area (Å²) in [5, 5.41) is 10.1. The van der Waals surface area contributed by atoms with Crippen LogP contribution in [0.1, 0.15) is 37.3 Å². The van der Waals surface area contributed by atoms with Crippen molar-refractivity contribution in [1.82, 2.24) is 0 Å². The maximum absolute atomic E-state index is 13.3. The van der Waals surface area contributed by atoms with Crippen LogP contribution < -0.4 is 9.47 Å². The van der Waals surface area contributed by atoms with E-state index in [1.807, 2.05) is 6.92 Å². The predicted octanol–water partition coefficient (Wildman–Crippen LogP) is 6.21. The van der Waals surface area contributed by atoms with Gasteiger partial charge in [0.2, 0.25) is 11.1 Å². The highest BCUT2D eigenvalue weighted by molar-refractivity contribution is 7.80. The standard InChI is InChI=1S/C23H24F6N2O4S/c1-2-3-15-36(32)35-31-21(23(27,28)29)17-7-11-19(12-8-17)34-14-4-13-33-18-9-5-16(6-10-18)20(30)22(24,25)26/h5-12,30H,2-4,13-15H2,1H3/b30-20?,31-21-. The van der Waals surface area contributed by atoms with Gasteiger partial charge in [0, 0.05) is 17.5 Å². The van der Waals surface area contributed by atoms with E-state index >= 15 is 0 Å². The van der Waals surface area contributed by atoms with Crippen LogP contribution in [-0.4, -0.2) is 47.0 Å². The maximum atomic E-state index is 13.3. The van der Waals surface area contributed by atoms with Crippen LogP contribution in [0.15, 0.2) is 53.7 Å². The van der Waals surface area contributed by atoms with E-state index in [2.05, 4.69) is 9.44 Å². The molecule has 2 aromatic carbocycles.